The summed E-state index contributed by atoms with van der Waals surface area (Å²) < 4.78 is 11.7. The van der Waals surface area contributed by atoms with Crippen molar-refractivity contribution in [3.8, 4) is 11.5 Å². The highest BCUT2D eigenvalue weighted by Gasteiger charge is 2.36. The highest BCUT2D eigenvalue weighted by atomic mass is 35.5. The van der Waals surface area contributed by atoms with Crippen LogP contribution in [0.5, 0.6) is 11.5 Å². The maximum atomic E-state index is 12.9. The van der Waals surface area contributed by atoms with Crippen LogP contribution < -0.4 is 9.47 Å². The number of fused-ring (bicyclic) bond motifs is 2. The molecule has 0 bridgehead atoms. The van der Waals surface area contributed by atoms with Crippen molar-refractivity contribution in [1.82, 2.24) is 4.90 Å². The number of methoxy groups -OCH3 is 1. The highest BCUT2D eigenvalue weighted by molar-refractivity contribution is 8.17. The first-order valence-corrected chi connectivity index (χ1v) is 13.4. The van der Waals surface area contributed by atoms with Crippen LogP contribution >= 0.6 is 23.4 Å². The molecular weight excluding hydrogens is 530 g/mol. The predicted molar refractivity (Wildman–Crippen MR) is 158 cm³/mol. The minimum Gasteiger partial charge on any atom is -0.493 e. The van der Waals surface area contributed by atoms with Crippen LogP contribution in [0.4, 0.5) is 0 Å². The van der Waals surface area contributed by atoms with E-state index in [0.717, 1.165) is 27.6 Å². The molecule has 4 aromatic carbocycles. The van der Waals surface area contributed by atoms with E-state index in [4.69, 9.17) is 26.5 Å². The summed E-state index contributed by atoms with van der Waals surface area (Å²) in [4.78, 5) is 18.8. The molecule has 8 heteroatoms. The molecule has 0 spiro atoms. The molecular formula is C31H22ClN3O3S. The van der Waals surface area contributed by atoms with Crippen LogP contribution in [0.25, 0.3) is 22.5 Å². The Hall–Kier alpha value is -4.33. The summed E-state index contributed by atoms with van der Waals surface area (Å²) >= 11 is 7.98. The van der Waals surface area contributed by atoms with E-state index in [9.17, 15) is 4.79 Å². The van der Waals surface area contributed by atoms with E-state index in [-0.39, 0.29) is 11.4 Å². The topological polar surface area (TPSA) is 75.0 Å². The van der Waals surface area contributed by atoms with Gasteiger partial charge in [0.1, 0.15) is 12.4 Å². The summed E-state index contributed by atoms with van der Waals surface area (Å²) in [7, 11) is 1.54. The molecule has 0 aromatic heterocycles. The van der Waals surface area contributed by atoms with Crippen molar-refractivity contribution in [2.45, 2.75) is 6.61 Å². The summed E-state index contributed by atoms with van der Waals surface area (Å²) in [5, 5.41) is 13.8. The number of thioether (sulfide) groups is 1. The Balaban J connectivity index is 1.29. The third-order valence-electron chi connectivity index (χ3n) is 6.50. The number of amidine groups is 2. The number of ether oxygens (including phenoxy) is 2. The molecule has 2 aliphatic heterocycles. The first kappa shape index (κ1) is 25.0. The summed E-state index contributed by atoms with van der Waals surface area (Å²) in [6.45, 7) is 0.305. The first-order valence-electron chi connectivity index (χ1n) is 12.2. The van der Waals surface area contributed by atoms with Crippen molar-refractivity contribution in [1.29, 1.82) is 5.41 Å². The van der Waals surface area contributed by atoms with Gasteiger partial charge in [0.15, 0.2) is 16.7 Å². The minimum absolute atomic E-state index is 0.0523. The van der Waals surface area contributed by atoms with Gasteiger partial charge < -0.3 is 9.47 Å². The van der Waals surface area contributed by atoms with E-state index >= 15 is 0 Å². The molecule has 6 nitrogen and oxygen atoms in total. The van der Waals surface area contributed by atoms with Crippen molar-refractivity contribution >= 4 is 62.8 Å². The fraction of sp³-hybridized carbons (Fsp3) is 0.0645. The summed E-state index contributed by atoms with van der Waals surface area (Å²) in [5.41, 5.74) is 3.52. The van der Waals surface area contributed by atoms with Crippen LogP contribution in [0.3, 0.4) is 0 Å². The average Bonchev–Trinajstić information content (AvgIpc) is 3.39. The number of halogens is 1. The quantitative estimate of drug-likeness (QED) is 0.253. The lowest BCUT2D eigenvalue weighted by molar-refractivity contribution is -0.114. The van der Waals surface area contributed by atoms with Crippen LogP contribution in [-0.4, -0.2) is 28.9 Å². The second-order valence-corrected chi connectivity index (χ2v) is 10.1. The van der Waals surface area contributed by atoms with Gasteiger partial charge in [0.25, 0.3) is 5.91 Å². The van der Waals surface area contributed by atoms with Gasteiger partial charge in [-0.15, -0.1) is 0 Å². The normalized spacial score (nSPS) is 15.8. The third kappa shape index (κ3) is 4.71. The number of rotatable bonds is 6. The van der Waals surface area contributed by atoms with E-state index in [2.05, 4.69) is 23.2 Å². The van der Waals surface area contributed by atoms with Gasteiger partial charge in [-0.3, -0.25) is 15.1 Å². The van der Waals surface area contributed by atoms with Crippen LogP contribution in [0.15, 0.2) is 101 Å². The summed E-state index contributed by atoms with van der Waals surface area (Å²) in [6.07, 6.45) is 1.61. The summed E-state index contributed by atoms with van der Waals surface area (Å²) in [6, 6.07) is 27.4. The number of aliphatic imine (C=N–C) groups is 1. The molecule has 4 aromatic rings. The van der Waals surface area contributed by atoms with E-state index < -0.39 is 5.91 Å². The van der Waals surface area contributed by atoms with Crippen molar-refractivity contribution < 1.29 is 14.3 Å². The van der Waals surface area contributed by atoms with E-state index in [1.807, 2.05) is 60.0 Å². The second-order valence-electron chi connectivity index (χ2n) is 8.89. The molecule has 0 aliphatic carbocycles. The van der Waals surface area contributed by atoms with E-state index in [1.54, 1.807) is 23.1 Å². The Morgan fingerprint density at radius 1 is 1.03 bits per heavy atom. The number of nitrogens with zero attached hydrogens (tertiary/aromatic N) is 2. The number of carbonyl (C=O) groups excluding carboxylic acids is 1. The van der Waals surface area contributed by atoms with E-state index in [0.29, 0.717) is 33.9 Å². The predicted octanol–water partition coefficient (Wildman–Crippen LogP) is 7.39. The lowest BCUT2D eigenvalue weighted by atomic mass is 10.0. The zero-order valence-corrected chi connectivity index (χ0v) is 22.4. The molecule has 1 amide bonds. The maximum absolute atomic E-state index is 12.9. The number of benzene rings is 4. The van der Waals surface area contributed by atoms with Gasteiger partial charge in [-0.1, -0.05) is 96.2 Å². The molecule has 0 atom stereocenters. The third-order valence-corrected chi connectivity index (χ3v) is 7.61. The molecule has 2 heterocycles. The monoisotopic (exact) mass is 551 g/mol. The Morgan fingerprint density at radius 2 is 1.79 bits per heavy atom. The van der Waals surface area contributed by atoms with Crippen molar-refractivity contribution in [2.24, 2.45) is 4.99 Å². The molecule has 0 radical (unpaired) electrons. The first-order chi connectivity index (χ1) is 19.0. The second kappa shape index (κ2) is 10.4. The van der Waals surface area contributed by atoms with Crippen LogP contribution in [0, 0.1) is 5.41 Å². The van der Waals surface area contributed by atoms with Gasteiger partial charge in [0, 0.05) is 5.41 Å². The molecule has 6 rings (SSSR count). The van der Waals surface area contributed by atoms with Crippen LogP contribution in [0.1, 0.15) is 16.7 Å². The molecule has 0 fully saturated rings. The molecule has 1 N–H and O–H groups in total. The number of amides is 1. The smallest absolute Gasteiger partial charge is 0.283 e. The number of hydrogen-bond acceptors (Lipinski definition) is 5. The van der Waals surface area contributed by atoms with E-state index in [1.165, 1.54) is 18.9 Å². The number of carbonyl (C=O) groups is 1. The summed E-state index contributed by atoms with van der Waals surface area (Å²) in [5.74, 6) is 0.407. The highest BCUT2D eigenvalue weighted by Crippen LogP contribution is 2.40. The number of hydrogen-bond donors (Lipinski definition) is 1. The Labute approximate surface area is 234 Å². The van der Waals surface area contributed by atoms with Crippen molar-refractivity contribution in [3.63, 3.8) is 0 Å². The molecule has 0 saturated heterocycles. The molecule has 2 aliphatic rings. The molecule has 192 valence electrons. The van der Waals surface area contributed by atoms with Gasteiger partial charge in [0.2, 0.25) is 0 Å². The van der Waals surface area contributed by atoms with Crippen molar-refractivity contribution in [2.75, 3.05) is 7.11 Å². The fourth-order valence-corrected chi connectivity index (χ4v) is 5.78. The van der Waals surface area contributed by atoms with Gasteiger partial charge in [-0.05, 0) is 45.7 Å². The largest absolute Gasteiger partial charge is 0.493 e. The Morgan fingerprint density at radius 3 is 2.62 bits per heavy atom. The Kier molecular flexibility index (Phi) is 6.69. The molecule has 0 saturated carbocycles. The van der Waals surface area contributed by atoms with Gasteiger partial charge >= 0.3 is 0 Å². The average molecular weight is 552 g/mol. The van der Waals surface area contributed by atoms with Crippen LogP contribution in [0.2, 0.25) is 5.02 Å². The van der Waals surface area contributed by atoms with Gasteiger partial charge in [-0.2, -0.15) is 4.99 Å². The van der Waals surface area contributed by atoms with Gasteiger partial charge in [0.05, 0.1) is 23.4 Å². The number of nitrogens with one attached hydrogen (secondary N) is 1. The lowest BCUT2D eigenvalue weighted by Crippen LogP contribution is -2.38. The van der Waals surface area contributed by atoms with Gasteiger partial charge in [-0.25, -0.2) is 0 Å². The molecule has 0 unspecified atom stereocenters. The minimum atomic E-state index is -0.479. The zero-order valence-electron chi connectivity index (χ0n) is 20.9. The Bertz CT molecular complexity index is 1720. The van der Waals surface area contributed by atoms with Crippen LogP contribution in [-0.2, 0) is 11.4 Å². The maximum Gasteiger partial charge on any atom is 0.283 e. The SMILES string of the molecule is COc1cc(C=C2C(=N)N3C(c4ccccc4)=CSC3=NC2=O)cc(Cl)c1OCc1cccc2ccccc12. The molecule has 39 heavy (non-hydrogen) atoms. The lowest BCUT2D eigenvalue weighted by Gasteiger charge is -2.27. The fourth-order valence-electron chi connectivity index (χ4n) is 4.61. The van der Waals surface area contributed by atoms with Crippen molar-refractivity contribution in [3.05, 3.63) is 118 Å². The zero-order chi connectivity index (χ0) is 26.9. The standard InChI is InChI=1S/C31H22ClN3O3S/c1-37-27-16-19(15-25(32)28(27)38-17-22-12-7-11-20-8-5-6-13-23(20)22)14-24-29(33)35-26(21-9-3-2-4-10-21)18-39-31(35)34-30(24)36/h2-16,18,33H,17H2,1H3.